The molecule has 0 radical (unpaired) electrons. The fourth-order valence-electron chi connectivity index (χ4n) is 1.46. The Hall–Kier alpha value is -1.21. The molecule has 1 aromatic rings. The quantitative estimate of drug-likeness (QED) is 0.615. The first-order valence-electron chi connectivity index (χ1n) is 5.91. The minimum atomic E-state index is -4.29. The molecular weight excluding hydrogens is 293 g/mol. The maximum atomic E-state index is 11.8. The van der Waals surface area contributed by atoms with E-state index in [-0.39, 0.29) is 12.2 Å². The number of carbonyl (C=O) groups is 1. The topological polar surface area (TPSA) is 46.5 Å². The predicted octanol–water partition coefficient (Wildman–Crippen LogP) is 3.75. The highest BCUT2D eigenvalue weighted by atomic mass is 32.2. The zero-order chi connectivity index (χ0) is 15.2. The highest BCUT2D eigenvalue weighted by Gasteiger charge is 2.27. The fourth-order valence-corrected chi connectivity index (χ4v) is 2.32. The third kappa shape index (κ3) is 6.29. The molecule has 20 heavy (non-hydrogen) atoms. The van der Waals surface area contributed by atoms with Crippen LogP contribution in [0.2, 0.25) is 0 Å². The standard InChI is InChI=1S/C13H15F3O3S/c1-9-3-4-10(7-11(9)12(17)18)20-6-2-5-19-8-13(14,15)16/h3-4,7H,2,5-6,8H2,1H3,(H,17,18). The number of hydrogen-bond acceptors (Lipinski definition) is 3. The lowest BCUT2D eigenvalue weighted by Gasteiger charge is -2.08. The van der Waals surface area contributed by atoms with Gasteiger partial charge < -0.3 is 9.84 Å². The molecule has 0 fully saturated rings. The van der Waals surface area contributed by atoms with Crippen LogP contribution in [0, 0.1) is 6.92 Å². The van der Waals surface area contributed by atoms with E-state index >= 15 is 0 Å². The largest absolute Gasteiger partial charge is 0.478 e. The van der Waals surface area contributed by atoms with Crippen LogP contribution in [0.15, 0.2) is 23.1 Å². The minimum Gasteiger partial charge on any atom is -0.478 e. The number of rotatable bonds is 7. The first-order valence-corrected chi connectivity index (χ1v) is 6.89. The number of aromatic carboxylic acids is 1. The summed E-state index contributed by atoms with van der Waals surface area (Å²) in [5.41, 5.74) is 0.915. The zero-order valence-corrected chi connectivity index (χ0v) is 11.7. The van der Waals surface area contributed by atoms with E-state index in [1.165, 1.54) is 11.8 Å². The number of carboxylic acids is 1. The molecule has 0 saturated heterocycles. The van der Waals surface area contributed by atoms with Crippen molar-refractivity contribution >= 4 is 17.7 Å². The zero-order valence-electron chi connectivity index (χ0n) is 10.9. The van der Waals surface area contributed by atoms with Crippen molar-refractivity contribution in [3.63, 3.8) is 0 Å². The van der Waals surface area contributed by atoms with Crippen molar-refractivity contribution in [1.82, 2.24) is 0 Å². The van der Waals surface area contributed by atoms with Gasteiger partial charge in [-0.15, -0.1) is 11.8 Å². The molecule has 0 spiro atoms. The summed E-state index contributed by atoms with van der Waals surface area (Å²) in [7, 11) is 0. The fraction of sp³-hybridized carbons (Fsp3) is 0.462. The summed E-state index contributed by atoms with van der Waals surface area (Å²) in [4.78, 5) is 11.7. The second-order valence-corrected chi connectivity index (χ2v) is 5.32. The van der Waals surface area contributed by atoms with Gasteiger partial charge in [-0.3, -0.25) is 0 Å². The Kier molecular flexibility index (Phi) is 6.35. The van der Waals surface area contributed by atoms with Gasteiger partial charge in [0.2, 0.25) is 0 Å². The van der Waals surface area contributed by atoms with Gasteiger partial charge in [-0.2, -0.15) is 13.2 Å². The highest BCUT2D eigenvalue weighted by Crippen LogP contribution is 2.22. The van der Waals surface area contributed by atoms with Crippen LogP contribution in [0.4, 0.5) is 13.2 Å². The van der Waals surface area contributed by atoms with E-state index in [1.807, 2.05) is 0 Å². The van der Waals surface area contributed by atoms with E-state index in [1.54, 1.807) is 25.1 Å². The summed E-state index contributed by atoms with van der Waals surface area (Å²) >= 11 is 1.39. The Balaban J connectivity index is 2.32. The van der Waals surface area contributed by atoms with Gasteiger partial charge in [0.05, 0.1) is 5.56 Å². The maximum Gasteiger partial charge on any atom is 0.411 e. The van der Waals surface area contributed by atoms with Crippen molar-refractivity contribution in [2.75, 3.05) is 19.0 Å². The SMILES string of the molecule is Cc1ccc(SCCCOCC(F)(F)F)cc1C(=O)O. The van der Waals surface area contributed by atoms with Crippen molar-refractivity contribution < 1.29 is 27.8 Å². The molecule has 0 amide bonds. The molecule has 0 aliphatic carbocycles. The minimum absolute atomic E-state index is 0.0319. The third-order valence-corrected chi connectivity index (χ3v) is 3.49. The number of aryl methyl sites for hydroxylation is 1. The molecule has 1 rings (SSSR count). The molecule has 7 heteroatoms. The van der Waals surface area contributed by atoms with E-state index in [9.17, 15) is 18.0 Å². The molecule has 0 aliphatic rings. The van der Waals surface area contributed by atoms with E-state index in [2.05, 4.69) is 4.74 Å². The van der Waals surface area contributed by atoms with Crippen LogP contribution >= 0.6 is 11.8 Å². The van der Waals surface area contributed by atoms with Gasteiger partial charge in [0.25, 0.3) is 0 Å². The lowest BCUT2D eigenvalue weighted by molar-refractivity contribution is -0.173. The summed E-state index contributed by atoms with van der Waals surface area (Å²) in [6.45, 7) is 0.512. The van der Waals surface area contributed by atoms with Gasteiger partial charge in [-0.1, -0.05) is 6.07 Å². The Labute approximate surface area is 119 Å². The molecule has 112 valence electrons. The van der Waals surface area contributed by atoms with Crippen molar-refractivity contribution in [2.45, 2.75) is 24.4 Å². The molecule has 0 atom stereocenters. The number of alkyl halides is 3. The van der Waals surface area contributed by atoms with E-state index in [0.717, 1.165) is 4.90 Å². The smallest absolute Gasteiger partial charge is 0.411 e. The Morgan fingerprint density at radius 3 is 2.70 bits per heavy atom. The average Bonchev–Trinajstić information content (AvgIpc) is 2.33. The van der Waals surface area contributed by atoms with Gasteiger partial charge in [0, 0.05) is 17.3 Å². The van der Waals surface area contributed by atoms with E-state index < -0.39 is 18.8 Å². The molecule has 0 unspecified atom stereocenters. The van der Waals surface area contributed by atoms with Crippen LogP contribution in [-0.4, -0.2) is 36.2 Å². The molecule has 0 aliphatic heterocycles. The number of thioether (sulfide) groups is 1. The second kappa shape index (κ2) is 7.54. The maximum absolute atomic E-state index is 11.8. The molecule has 0 aromatic heterocycles. The van der Waals surface area contributed by atoms with E-state index in [4.69, 9.17) is 5.11 Å². The monoisotopic (exact) mass is 308 g/mol. The Bertz CT molecular complexity index is 461. The first kappa shape index (κ1) is 16.8. The molecular formula is C13H15F3O3S. The number of benzene rings is 1. The number of halogens is 3. The average molecular weight is 308 g/mol. The summed E-state index contributed by atoms with van der Waals surface area (Å²) in [5.74, 6) is -0.418. The number of carboxylic acid groups (broad SMARTS) is 1. The van der Waals surface area contributed by atoms with Crippen molar-refractivity contribution in [3.05, 3.63) is 29.3 Å². The summed E-state index contributed by atoms with van der Waals surface area (Å²) in [6.07, 6.45) is -3.82. The van der Waals surface area contributed by atoms with E-state index in [0.29, 0.717) is 17.7 Å². The Morgan fingerprint density at radius 2 is 2.10 bits per heavy atom. The van der Waals surface area contributed by atoms with Crippen molar-refractivity contribution in [2.24, 2.45) is 0 Å². The van der Waals surface area contributed by atoms with Gasteiger partial charge in [0.1, 0.15) is 6.61 Å². The van der Waals surface area contributed by atoms with Gasteiger partial charge >= 0.3 is 12.1 Å². The lowest BCUT2D eigenvalue weighted by Crippen LogP contribution is -2.17. The summed E-state index contributed by atoms with van der Waals surface area (Å²) in [6, 6.07) is 5.08. The molecule has 0 bridgehead atoms. The molecule has 3 nitrogen and oxygen atoms in total. The molecule has 0 heterocycles. The summed E-state index contributed by atoms with van der Waals surface area (Å²) < 4.78 is 39.9. The Morgan fingerprint density at radius 1 is 1.40 bits per heavy atom. The molecule has 1 N–H and O–H groups in total. The first-order chi connectivity index (χ1) is 9.29. The number of ether oxygens (including phenoxy) is 1. The van der Waals surface area contributed by atoms with Crippen molar-refractivity contribution in [3.8, 4) is 0 Å². The third-order valence-electron chi connectivity index (χ3n) is 2.41. The highest BCUT2D eigenvalue weighted by molar-refractivity contribution is 7.99. The van der Waals surface area contributed by atoms with Gasteiger partial charge in [-0.25, -0.2) is 4.79 Å². The van der Waals surface area contributed by atoms with Crippen LogP contribution in [0.1, 0.15) is 22.3 Å². The van der Waals surface area contributed by atoms with Crippen LogP contribution < -0.4 is 0 Å². The van der Waals surface area contributed by atoms with Gasteiger partial charge in [0.15, 0.2) is 0 Å². The summed E-state index contributed by atoms with van der Waals surface area (Å²) in [5, 5.41) is 8.97. The van der Waals surface area contributed by atoms with Gasteiger partial charge in [-0.05, 0) is 31.0 Å². The van der Waals surface area contributed by atoms with Crippen LogP contribution in [-0.2, 0) is 4.74 Å². The second-order valence-electron chi connectivity index (χ2n) is 4.15. The van der Waals surface area contributed by atoms with Crippen LogP contribution in [0.25, 0.3) is 0 Å². The normalized spacial score (nSPS) is 11.6. The number of hydrogen-bond donors (Lipinski definition) is 1. The van der Waals surface area contributed by atoms with Crippen LogP contribution in [0.3, 0.4) is 0 Å². The molecule has 1 aromatic carbocycles. The van der Waals surface area contributed by atoms with Crippen molar-refractivity contribution in [1.29, 1.82) is 0 Å². The molecule has 0 saturated carbocycles. The predicted molar refractivity (Wildman–Crippen MR) is 70.4 cm³/mol. The lowest BCUT2D eigenvalue weighted by atomic mass is 10.1. The van der Waals surface area contributed by atoms with Crippen LogP contribution in [0.5, 0.6) is 0 Å².